The number of hydrogen-bond acceptors (Lipinski definition) is 2. The van der Waals surface area contributed by atoms with E-state index < -0.39 is 0 Å². The summed E-state index contributed by atoms with van der Waals surface area (Å²) in [6.07, 6.45) is 7.56. The Morgan fingerprint density at radius 3 is 2.72 bits per heavy atom. The van der Waals surface area contributed by atoms with Gasteiger partial charge in [0.05, 0.1) is 0 Å². The standard InChI is InChI=1S/C16H31NS/c1-4-18-8-7-16(12-17-11-13(2)3)10-14-5-6-15(16)9-14/h13-15,17H,4-12H2,1-3H3. The molecule has 0 aromatic rings. The molecule has 0 spiro atoms. The lowest BCUT2D eigenvalue weighted by Gasteiger charge is -2.38. The molecular formula is C16H31NS. The Labute approximate surface area is 118 Å². The highest BCUT2D eigenvalue weighted by Gasteiger charge is 2.49. The summed E-state index contributed by atoms with van der Waals surface area (Å²) in [6, 6.07) is 0. The van der Waals surface area contributed by atoms with Crippen molar-refractivity contribution in [3.63, 3.8) is 0 Å². The van der Waals surface area contributed by atoms with Gasteiger partial charge in [0.15, 0.2) is 0 Å². The summed E-state index contributed by atoms with van der Waals surface area (Å²) in [5.41, 5.74) is 0.667. The summed E-state index contributed by atoms with van der Waals surface area (Å²) < 4.78 is 0. The van der Waals surface area contributed by atoms with E-state index in [-0.39, 0.29) is 0 Å². The van der Waals surface area contributed by atoms with E-state index in [9.17, 15) is 0 Å². The lowest BCUT2D eigenvalue weighted by atomic mass is 9.71. The third-order valence-electron chi connectivity index (χ3n) is 5.08. The van der Waals surface area contributed by atoms with E-state index in [2.05, 4.69) is 37.8 Å². The molecule has 2 heteroatoms. The van der Waals surface area contributed by atoms with Crippen LogP contribution < -0.4 is 5.32 Å². The molecule has 3 atom stereocenters. The van der Waals surface area contributed by atoms with Crippen molar-refractivity contribution in [3.05, 3.63) is 0 Å². The molecule has 2 aliphatic rings. The van der Waals surface area contributed by atoms with Crippen LogP contribution in [0.4, 0.5) is 0 Å². The molecule has 2 saturated carbocycles. The first kappa shape index (κ1) is 14.7. The zero-order chi connectivity index (χ0) is 13.0. The Hall–Kier alpha value is 0.310. The van der Waals surface area contributed by atoms with Gasteiger partial charge >= 0.3 is 0 Å². The molecule has 0 aliphatic heterocycles. The fourth-order valence-electron chi connectivity index (χ4n) is 4.20. The predicted molar refractivity (Wildman–Crippen MR) is 83.2 cm³/mol. The maximum atomic E-state index is 3.77. The number of fused-ring (bicyclic) bond motifs is 2. The van der Waals surface area contributed by atoms with Crippen LogP contribution in [0, 0.1) is 23.2 Å². The normalized spacial score (nSPS) is 34.7. The molecule has 2 bridgehead atoms. The second-order valence-corrected chi connectivity index (χ2v) is 8.31. The highest BCUT2D eigenvalue weighted by atomic mass is 32.2. The van der Waals surface area contributed by atoms with Gasteiger partial charge in [-0.1, -0.05) is 27.2 Å². The van der Waals surface area contributed by atoms with Crippen molar-refractivity contribution in [3.8, 4) is 0 Å². The SMILES string of the molecule is CCSCCC1(CNCC(C)C)CC2CCC1C2. The predicted octanol–water partition coefficient (Wildman–Crippen LogP) is 4.18. The molecular weight excluding hydrogens is 238 g/mol. The van der Waals surface area contributed by atoms with Crippen LogP contribution in [-0.2, 0) is 0 Å². The van der Waals surface area contributed by atoms with Crippen LogP contribution in [-0.4, -0.2) is 24.6 Å². The fourth-order valence-corrected chi connectivity index (χ4v) is 5.04. The molecule has 2 aliphatic carbocycles. The average molecular weight is 269 g/mol. The summed E-state index contributed by atoms with van der Waals surface area (Å²) in [7, 11) is 0. The summed E-state index contributed by atoms with van der Waals surface area (Å²) in [4.78, 5) is 0. The third-order valence-corrected chi connectivity index (χ3v) is 5.98. The van der Waals surface area contributed by atoms with Gasteiger partial charge in [0.1, 0.15) is 0 Å². The van der Waals surface area contributed by atoms with Crippen LogP contribution in [0.5, 0.6) is 0 Å². The highest BCUT2D eigenvalue weighted by Crippen LogP contribution is 2.57. The number of nitrogens with one attached hydrogen (secondary N) is 1. The summed E-state index contributed by atoms with van der Waals surface area (Å²) in [6.45, 7) is 9.40. The second-order valence-electron chi connectivity index (χ2n) is 6.91. The first-order valence-corrected chi connectivity index (χ1v) is 9.10. The van der Waals surface area contributed by atoms with Crippen LogP contribution in [0.2, 0.25) is 0 Å². The van der Waals surface area contributed by atoms with E-state index in [1.54, 1.807) is 6.42 Å². The van der Waals surface area contributed by atoms with Crippen LogP contribution in [0.25, 0.3) is 0 Å². The van der Waals surface area contributed by atoms with E-state index in [4.69, 9.17) is 0 Å². The number of hydrogen-bond donors (Lipinski definition) is 1. The minimum atomic E-state index is 0.667. The third kappa shape index (κ3) is 3.45. The van der Waals surface area contributed by atoms with Crippen molar-refractivity contribution < 1.29 is 0 Å². The van der Waals surface area contributed by atoms with Gasteiger partial charge < -0.3 is 5.32 Å². The molecule has 2 rings (SSSR count). The molecule has 0 heterocycles. The maximum absolute atomic E-state index is 3.77. The largest absolute Gasteiger partial charge is 0.316 e. The van der Waals surface area contributed by atoms with Crippen molar-refractivity contribution >= 4 is 11.8 Å². The van der Waals surface area contributed by atoms with Gasteiger partial charge in [-0.2, -0.15) is 11.8 Å². The molecule has 1 nitrogen and oxygen atoms in total. The van der Waals surface area contributed by atoms with Gasteiger partial charge in [-0.15, -0.1) is 0 Å². The van der Waals surface area contributed by atoms with Crippen LogP contribution in [0.1, 0.15) is 52.9 Å². The molecule has 2 fully saturated rings. The molecule has 0 aromatic heterocycles. The number of thioether (sulfide) groups is 1. The molecule has 0 amide bonds. The van der Waals surface area contributed by atoms with Gasteiger partial charge in [0, 0.05) is 6.54 Å². The van der Waals surface area contributed by atoms with Crippen molar-refractivity contribution in [2.75, 3.05) is 24.6 Å². The van der Waals surface area contributed by atoms with Crippen molar-refractivity contribution in [2.24, 2.45) is 23.2 Å². The molecule has 1 N–H and O–H groups in total. The van der Waals surface area contributed by atoms with Crippen LogP contribution in [0.3, 0.4) is 0 Å². The van der Waals surface area contributed by atoms with Gasteiger partial charge in [-0.05, 0) is 66.9 Å². The summed E-state index contributed by atoms with van der Waals surface area (Å²) in [5.74, 6) is 5.56. The summed E-state index contributed by atoms with van der Waals surface area (Å²) >= 11 is 2.13. The Bertz CT molecular complexity index is 253. The lowest BCUT2D eigenvalue weighted by Crippen LogP contribution is -2.40. The van der Waals surface area contributed by atoms with E-state index in [1.165, 1.54) is 50.3 Å². The molecule has 18 heavy (non-hydrogen) atoms. The van der Waals surface area contributed by atoms with Gasteiger partial charge in [0.25, 0.3) is 0 Å². The summed E-state index contributed by atoms with van der Waals surface area (Å²) in [5, 5.41) is 3.77. The van der Waals surface area contributed by atoms with E-state index in [0.717, 1.165) is 17.8 Å². The first-order valence-electron chi connectivity index (χ1n) is 7.95. The smallest absolute Gasteiger partial charge is 0.00110 e. The Balaban J connectivity index is 1.86. The first-order chi connectivity index (χ1) is 8.66. The zero-order valence-electron chi connectivity index (χ0n) is 12.5. The van der Waals surface area contributed by atoms with Gasteiger partial charge in [0.2, 0.25) is 0 Å². The van der Waals surface area contributed by atoms with Crippen LogP contribution >= 0.6 is 11.8 Å². The Kier molecular flexibility index (Phi) is 5.44. The molecule has 0 aromatic carbocycles. The average Bonchev–Trinajstić information content (AvgIpc) is 2.89. The topological polar surface area (TPSA) is 12.0 Å². The van der Waals surface area contributed by atoms with Crippen LogP contribution in [0.15, 0.2) is 0 Å². The van der Waals surface area contributed by atoms with Gasteiger partial charge in [-0.3, -0.25) is 0 Å². The lowest BCUT2D eigenvalue weighted by molar-refractivity contribution is 0.150. The fraction of sp³-hybridized carbons (Fsp3) is 1.00. The van der Waals surface area contributed by atoms with E-state index in [1.807, 2.05) is 0 Å². The van der Waals surface area contributed by atoms with Crippen molar-refractivity contribution in [2.45, 2.75) is 52.9 Å². The van der Waals surface area contributed by atoms with E-state index >= 15 is 0 Å². The molecule has 0 saturated heterocycles. The minimum Gasteiger partial charge on any atom is -0.316 e. The Morgan fingerprint density at radius 2 is 2.17 bits per heavy atom. The maximum Gasteiger partial charge on any atom is 0.00110 e. The minimum absolute atomic E-state index is 0.667. The zero-order valence-corrected chi connectivity index (χ0v) is 13.3. The molecule has 0 radical (unpaired) electrons. The van der Waals surface area contributed by atoms with Crippen molar-refractivity contribution in [1.29, 1.82) is 0 Å². The quantitative estimate of drug-likeness (QED) is 0.663. The second kappa shape index (κ2) is 6.65. The van der Waals surface area contributed by atoms with E-state index in [0.29, 0.717) is 5.41 Å². The molecule has 106 valence electrons. The number of rotatable bonds is 8. The molecule has 3 unspecified atom stereocenters. The highest BCUT2D eigenvalue weighted by molar-refractivity contribution is 7.99. The Morgan fingerprint density at radius 1 is 1.33 bits per heavy atom. The monoisotopic (exact) mass is 269 g/mol. The van der Waals surface area contributed by atoms with Gasteiger partial charge in [-0.25, -0.2) is 0 Å². The van der Waals surface area contributed by atoms with Crippen molar-refractivity contribution in [1.82, 2.24) is 5.32 Å².